The molecule has 0 atom stereocenters. The highest BCUT2D eigenvalue weighted by Gasteiger charge is 2.30. The summed E-state index contributed by atoms with van der Waals surface area (Å²) in [5.41, 5.74) is -0.238. The van der Waals surface area contributed by atoms with E-state index < -0.39 is 17.7 Å². The number of hydrogen-bond acceptors (Lipinski definition) is 2. The molecular weight excluding hydrogens is 285 g/mol. The molecule has 0 amide bonds. The normalized spacial score (nSPS) is 11.2. The van der Waals surface area contributed by atoms with Crippen LogP contribution in [-0.2, 0) is 12.8 Å². The Bertz CT molecular complexity index is 633. The van der Waals surface area contributed by atoms with E-state index in [1.54, 1.807) is 0 Å². The Kier molecular flexibility index (Phi) is 4.16. The molecule has 0 aliphatic heterocycles. The molecule has 3 nitrogen and oxygen atoms in total. The molecule has 0 saturated carbocycles. The molecule has 0 bridgehead atoms. The molecule has 0 radical (unpaired) electrons. The van der Waals surface area contributed by atoms with Crippen LogP contribution in [0.15, 0.2) is 48.5 Å². The summed E-state index contributed by atoms with van der Waals surface area (Å²) in [6, 6.07) is 10.5. The fourth-order valence-electron chi connectivity index (χ4n) is 1.70. The minimum atomic E-state index is -4.39. The maximum absolute atomic E-state index is 12.6. The number of carbonyl (C=O) groups is 1. The van der Waals surface area contributed by atoms with E-state index in [0.717, 1.165) is 12.1 Å². The first-order chi connectivity index (χ1) is 9.86. The van der Waals surface area contributed by atoms with E-state index in [1.165, 1.54) is 36.4 Å². The predicted molar refractivity (Wildman–Crippen MR) is 69.2 cm³/mol. The molecule has 0 fully saturated rings. The van der Waals surface area contributed by atoms with Gasteiger partial charge in [-0.1, -0.05) is 12.1 Å². The van der Waals surface area contributed by atoms with Crippen LogP contribution in [0.3, 0.4) is 0 Å². The second-order valence-corrected chi connectivity index (χ2v) is 4.32. The molecule has 0 aliphatic rings. The summed E-state index contributed by atoms with van der Waals surface area (Å²) in [7, 11) is 0. The Labute approximate surface area is 118 Å². The van der Waals surface area contributed by atoms with Gasteiger partial charge in [0, 0.05) is 0 Å². The smallest absolute Gasteiger partial charge is 0.416 e. The van der Waals surface area contributed by atoms with Crippen LogP contribution in [0.5, 0.6) is 5.75 Å². The molecule has 2 rings (SSSR count). The van der Waals surface area contributed by atoms with E-state index in [4.69, 9.17) is 9.84 Å². The van der Waals surface area contributed by atoms with E-state index in [-0.39, 0.29) is 12.2 Å². The van der Waals surface area contributed by atoms with Crippen molar-refractivity contribution >= 4 is 5.97 Å². The first-order valence-corrected chi connectivity index (χ1v) is 5.98. The molecule has 0 aromatic heterocycles. The predicted octanol–water partition coefficient (Wildman–Crippen LogP) is 3.98. The third-order valence-electron chi connectivity index (χ3n) is 2.76. The standard InChI is InChI=1S/C15H11F3O3/c16-15(17,18)12-3-1-2-10(8-12)9-21-13-6-4-11(5-7-13)14(19)20/h1-8H,9H2,(H,19,20). The summed E-state index contributed by atoms with van der Waals surface area (Å²) >= 11 is 0. The number of ether oxygens (including phenoxy) is 1. The van der Waals surface area contributed by atoms with Gasteiger partial charge < -0.3 is 9.84 Å². The van der Waals surface area contributed by atoms with Gasteiger partial charge in [0.05, 0.1) is 11.1 Å². The molecule has 0 saturated heterocycles. The number of alkyl halides is 3. The van der Waals surface area contributed by atoms with Gasteiger partial charge in [0.25, 0.3) is 0 Å². The van der Waals surface area contributed by atoms with Crippen molar-refractivity contribution in [3.05, 3.63) is 65.2 Å². The fourth-order valence-corrected chi connectivity index (χ4v) is 1.70. The lowest BCUT2D eigenvalue weighted by molar-refractivity contribution is -0.137. The minimum absolute atomic E-state index is 0.0314. The van der Waals surface area contributed by atoms with Crippen molar-refractivity contribution in [2.24, 2.45) is 0 Å². The molecule has 0 aliphatic carbocycles. The number of carboxylic acids is 1. The quantitative estimate of drug-likeness (QED) is 0.928. The van der Waals surface area contributed by atoms with Crippen molar-refractivity contribution in [3.63, 3.8) is 0 Å². The summed E-state index contributed by atoms with van der Waals surface area (Å²) < 4.78 is 43.0. The maximum atomic E-state index is 12.6. The van der Waals surface area contributed by atoms with Crippen LogP contribution in [0, 0.1) is 0 Å². The molecule has 0 spiro atoms. The Morgan fingerprint density at radius 3 is 2.33 bits per heavy atom. The highest BCUT2D eigenvalue weighted by Crippen LogP contribution is 2.29. The van der Waals surface area contributed by atoms with Crippen molar-refractivity contribution in [1.82, 2.24) is 0 Å². The third-order valence-corrected chi connectivity index (χ3v) is 2.76. The van der Waals surface area contributed by atoms with Gasteiger partial charge in [0.15, 0.2) is 0 Å². The summed E-state index contributed by atoms with van der Waals surface area (Å²) in [6.45, 7) is -0.0314. The highest BCUT2D eigenvalue weighted by atomic mass is 19.4. The van der Waals surface area contributed by atoms with Crippen LogP contribution in [0.25, 0.3) is 0 Å². The van der Waals surface area contributed by atoms with Gasteiger partial charge in [-0.3, -0.25) is 0 Å². The molecule has 21 heavy (non-hydrogen) atoms. The van der Waals surface area contributed by atoms with Gasteiger partial charge >= 0.3 is 12.1 Å². The van der Waals surface area contributed by atoms with E-state index in [9.17, 15) is 18.0 Å². The number of rotatable bonds is 4. The molecular formula is C15H11F3O3. The Balaban J connectivity index is 2.04. The first kappa shape index (κ1) is 14.9. The second-order valence-electron chi connectivity index (χ2n) is 4.32. The summed E-state index contributed by atoms with van der Waals surface area (Å²) in [5, 5.41) is 8.74. The van der Waals surface area contributed by atoms with E-state index in [1.807, 2.05) is 0 Å². The first-order valence-electron chi connectivity index (χ1n) is 5.98. The van der Waals surface area contributed by atoms with Gasteiger partial charge in [-0.05, 0) is 42.0 Å². The van der Waals surface area contributed by atoms with Gasteiger partial charge in [0.2, 0.25) is 0 Å². The zero-order chi connectivity index (χ0) is 15.5. The monoisotopic (exact) mass is 296 g/mol. The summed E-state index contributed by atoms with van der Waals surface area (Å²) in [5.74, 6) is -0.670. The zero-order valence-corrected chi connectivity index (χ0v) is 10.7. The molecule has 6 heteroatoms. The van der Waals surface area contributed by atoms with Crippen molar-refractivity contribution in [2.45, 2.75) is 12.8 Å². The van der Waals surface area contributed by atoms with Gasteiger partial charge in [-0.15, -0.1) is 0 Å². The van der Waals surface area contributed by atoms with Crippen molar-refractivity contribution in [3.8, 4) is 5.75 Å². The Morgan fingerprint density at radius 1 is 1.10 bits per heavy atom. The summed E-state index contributed by atoms with van der Waals surface area (Å²) in [6.07, 6.45) is -4.39. The molecule has 2 aromatic rings. The van der Waals surface area contributed by atoms with Crippen LogP contribution in [0.1, 0.15) is 21.5 Å². The van der Waals surface area contributed by atoms with E-state index in [0.29, 0.717) is 11.3 Å². The van der Waals surface area contributed by atoms with Crippen LogP contribution in [0.2, 0.25) is 0 Å². The molecule has 0 heterocycles. The van der Waals surface area contributed by atoms with Crippen LogP contribution in [0.4, 0.5) is 13.2 Å². The lowest BCUT2D eigenvalue weighted by Gasteiger charge is -2.10. The number of halogens is 3. The zero-order valence-electron chi connectivity index (χ0n) is 10.7. The summed E-state index contributed by atoms with van der Waals surface area (Å²) in [4.78, 5) is 10.7. The van der Waals surface area contributed by atoms with E-state index >= 15 is 0 Å². The average molecular weight is 296 g/mol. The van der Waals surface area contributed by atoms with Crippen molar-refractivity contribution in [2.75, 3.05) is 0 Å². The van der Waals surface area contributed by atoms with Crippen molar-refractivity contribution in [1.29, 1.82) is 0 Å². The van der Waals surface area contributed by atoms with Crippen molar-refractivity contribution < 1.29 is 27.8 Å². The van der Waals surface area contributed by atoms with Gasteiger partial charge in [-0.25, -0.2) is 4.79 Å². The lowest BCUT2D eigenvalue weighted by atomic mass is 10.1. The SMILES string of the molecule is O=C(O)c1ccc(OCc2cccc(C(F)(F)F)c2)cc1. The van der Waals surface area contributed by atoms with E-state index in [2.05, 4.69) is 0 Å². The molecule has 1 N–H and O–H groups in total. The largest absolute Gasteiger partial charge is 0.489 e. The Morgan fingerprint density at radius 2 is 1.76 bits per heavy atom. The number of benzene rings is 2. The third kappa shape index (κ3) is 3.98. The van der Waals surface area contributed by atoms with Crippen LogP contribution in [-0.4, -0.2) is 11.1 Å². The number of carboxylic acid groups (broad SMARTS) is 1. The second kappa shape index (κ2) is 5.87. The molecule has 110 valence electrons. The topological polar surface area (TPSA) is 46.5 Å². The minimum Gasteiger partial charge on any atom is -0.489 e. The molecule has 0 unspecified atom stereocenters. The molecule has 2 aromatic carbocycles. The lowest BCUT2D eigenvalue weighted by Crippen LogP contribution is -2.06. The highest BCUT2D eigenvalue weighted by molar-refractivity contribution is 5.87. The fraction of sp³-hybridized carbons (Fsp3) is 0.133. The Hall–Kier alpha value is -2.50. The van der Waals surface area contributed by atoms with Crippen LogP contribution >= 0.6 is 0 Å². The average Bonchev–Trinajstić information content (AvgIpc) is 2.45. The van der Waals surface area contributed by atoms with Crippen LogP contribution < -0.4 is 4.74 Å². The number of hydrogen-bond donors (Lipinski definition) is 1. The number of aromatic carboxylic acids is 1. The maximum Gasteiger partial charge on any atom is 0.416 e. The van der Waals surface area contributed by atoms with Gasteiger partial charge in [0.1, 0.15) is 12.4 Å². The van der Waals surface area contributed by atoms with Gasteiger partial charge in [-0.2, -0.15) is 13.2 Å².